The van der Waals surface area contributed by atoms with Gasteiger partial charge in [-0.1, -0.05) is 6.92 Å². The van der Waals surface area contributed by atoms with Crippen LogP contribution in [0.3, 0.4) is 0 Å². The van der Waals surface area contributed by atoms with E-state index in [1.807, 2.05) is 0 Å². The Morgan fingerprint density at radius 3 is 2.41 bits per heavy atom. The lowest BCUT2D eigenvalue weighted by molar-refractivity contribution is 0.375. The molecule has 0 aliphatic rings. The molecule has 98 valence electrons. The average Bonchev–Trinajstić information content (AvgIpc) is 2.70. The minimum Gasteiger partial charge on any atom is -0.465 e. The van der Waals surface area contributed by atoms with E-state index in [4.69, 9.17) is 4.42 Å². The van der Waals surface area contributed by atoms with Gasteiger partial charge in [0.2, 0.25) is 0 Å². The van der Waals surface area contributed by atoms with E-state index in [-0.39, 0.29) is 5.54 Å². The summed E-state index contributed by atoms with van der Waals surface area (Å²) in [5.41, 5.74) is 0.177. The van der Waals surface area contributed by atoms with Gasteiger partial charge in [-0.05, 0) is 39.8 Å². The molecule has 1 aromatic heterocycles. The van der Waals surface area contributed by atoms with Crippen molar-refractivity contribution in [1.82, 2.24) is 10.6 Å². The van der Waals surface area contributed by atoms with Crippen LogP contribution in [0.15, 0.2) is 16.5 Å². The molecular weight excluding hydrogens is 212 g/mol. The van der Waals surface area contributed by atoms with E-state index in [1.165, 1.54) is 0 Å². The first kappa shape index (κ1) is 14.3. The van der Waals surface area contributed by atoms with E-state index >= 15 is 0 Å². The van der Waals surface area contributed by atoms with Crippen LogP contribution in [0.4, 0.5) is 0 Å². The van der Waals surface area contributed by atoms with Crippen LogP contribution in [0.1, 0.15) is 46.1 Å². The van der Waals surface area contributed by atoms with Crippen molar-refractivity contribution in [3.63, 3.8) is 0 Å². The van der Waals surface area contributed by atoms with Crippen LogP contribution in [0.2, 0.25) is 0 Å². The van der Waals surface area contributed by atoms with Crippen molar-refractivity contribution < 1.29 is 4.42 Å². The van der Waals surface area contributed by atoms with E-state index in [2.05, 4.69) is 57.4 Å². The Balaban J connectivity index is 2.25. The lowest BCUT2D eigenvalue weighted by Crippen LogP contribution is -2.44. The van der Waals surface area contributed by atoms with Gasteiger partial charge in [0, 0.05) is 24.5 Å². The summed E-state index contributed by atoms with van der Waals surface area (Å²) >= 11 is 0. The van der Waals surface area contributed by atoms with Crippen LogP contribution in [0.5, 0.6) is 0 Å². The first-order valence-corrected chi connectivity index (χ1v) is 6.46. The van der Waals surface area contributed by atoms with Crippen LogP contribution in [0.25, 0.3) is 0 Å². The van der Waals surface area contributed by atoms with Gasteiger partial charge in [-0.15, -0.1) is 0 Å². The van der Waals surface area contributed by atoms with Gasteiger partial charge in [-0.25, -0.2) is 0 Å². The number of hydrogen-bond acceptors (Lipinski definition) is 3. The fraction of sp³-hybridized carbons (Fsp3) is 0.714. The number of rotatable bonds is 6. The van der Waals surface area contributed by atoms with Crippen molar-refractivity contribution in [3.8, 4) is 0 Å². The molecule has 1 atom stereocenters. The molecule has 0 saturated carbocycles. The van der Waals surface area contributed by atoms with Crippen LogP contribution >= 0.6 is 0 Å². The molecule has 0 amide bonds. The van der Waals surface area contributed by atoms with Gasteiger partial charge >= 0.3 is 0 Å². The normalized spacial score (nSPS) is 13.9. The molecule has 2 N–H and O–H groups in total. The molecule has 0 aromatic carbocycles. The van der Waals surface area contributed by atoms with Crippen molar-refractivity contribution in [1.29, 1.82) is 0 Å². The van der Waals surface area contributed by atoms with Gasteiger partial charge in [-0.3, -0.25) is 0 Å². The highest BCUT2D eigenvalue weighted by atomic mass is 16.3. The topological polar surface area (TPSA) is 37.2 Å². The second-order valence-electron chi connectivity index (χ2n) is 5.63. The fourth-order valence-electron chi connectivity index (χ4n) is 1.51. The summed E-state index contributed by atoms with van der Waals surface area (Å²) in [5, 5.41) is 6.93. The molecule has 3 heteroatoms. The standard InChI is InChI=1S/C14H26N2O/c1-6-12-7-8-13(17-12)10-15-11(2)9-16-14(3,4)5/h7-8,11,15-16H,6,9-10H2,1-5H3. The third-order valence-corrected chi connectivity index (χ3v) is 2.63. The van der Waals surface area contributed by atoms with Gasteiger partial charge in [0.15, 0.2) is 0 Å². The lowest BCUT2D eigenvalue weighted by Gasteiger charge is -2.23. The zero-order valence-corrected chi connectivity index (χ0v) is 11.8. The third-order valence-electron chi connectivity index (χ3n) is 2.63. The first-order valence-electron chi connectivity index (χ1n) is 6.46. The molecular formula is C14H26N2O. The van der Waals surface area contributed by atoms with E-state index in [0.717, 1.165) is 31.0 Å². The summed E-state index contributed by atoms with van der Waals surface area (Å²) in [7, 11) is 0. The molecule has 0 bridgehead atoms. The Morgan fingerprint density at radius 1 is 1.24 bits per heavy atom. The number of nitrogens with one attached hydrogen (secondary N) is 2. The smallest absolute Gasteiger partial charge is 0.117 e. The van der Waals surface area contributed by atoms with Gasteiger partial charge in [-0.2, -0.15) is 0 Å². The fourth-order valence-corrected chi connectivity index (χ4v) is 1.51. The molecule has 3 nitrogen and oxygen atoms in total. The molecule has 0 aliphatic heterocycles. The molecule has 1 unspecified atom stereocenters. The van der Waals surface area contributed by atoms with Gasteiger partial charge in [0.05, 0.1) is 6.54 Å². The van der Waals surface area contributed by atoms with E-state index < -0.39 is 0 Å². The Morgan fingerprint density at radius 2 is 1.88 bits per heavy atom. The molecule has 1 aromatic rings. The maximum Gasteiger partial charge on any atom is 0.117 e. The molecule has 0 fully saturated rings. The minimum atomic E-state index is 0.177. The quantitative estimate of drug-likeness (QED) is 0.800. The maximum absolute atomic E-state index is 5.65. The Kier molecular flexibility index (Phi) is 5.22. The minimum absolute atomic E-state index is 0.177. The summed E-state index contributed by atoms with van der Waals surface area (Å²) in [5.74, 6) is 2.08. The Bertz CT molecular complexity index is 325. The SMILES string of the molecule is CCc1ccc(CNC(C)CNC(C)(C)C)o1. The van der Waals surface area contributed by atoms with E-state index in [9.17, 15) is 0 Å². The van der Waals surface area contributed by atoms with E-state index in [1.54, 1.807) is 0 Å². The highest BCUT2D eigenvalue weighted by Gasteiger charge is 2.11. The zero-order chi connectivity index (χ0) is 12.9. The second-order valence-corrected chi connectivity index (χ2v) is 5.63. The van der Waals surface area contributed by atoms with Crippen molar-refractivity contribution >= 4 is 0 Å². The molecule has 0 aliphatic carbocycles. The van der Waals surface area contributed by atoms with Crippen molar-refractivity contribution in [2.45, 2.75) is 59.2 Å². The highest BCUT2D eigenvalue weighted by Crippen LogP contribution is 2.08. The van der Waals surface area contributed by atoms with Gasteiger partial charge < -0.3 is 15.1 Å². The number of aryl methyl sites for hydroxylation is 1. The van der Waals surface area contributed by atoms with Crippen LogP contribution in [-0.4, -0.2) is 18.1 Å². The third kappa shape index (κ3) is 5.89. The monoisotopic (exact) mass is 238 g/mol. The number of hydrogen-bond donors (Lipinski definition) is 2. The highest BCUT2D eigenvalue weighted by molar-refractivity contribution is 5.06. The Hall–Kier alpha value is -0.800. The van der Waals surface area contributed by atoms with Crippen molar-refractivity contribution in [2.24, 2.45) is 0 Å². The van der Waals surface area contributed by atoms with Gasteiger partial charge in [0.25, 0.3) is 0 Å². The molecule has 0 spiro atoms. The van der Waals surface area contributed by atoms with Crippen LogP contribution < -0.4 is 10.6 Å². The van der Waals surface area contributed by atoms with E-state index in [0.29, 0.717) is 6.04 Å². The van der Waals surface area contributed by atoms with Crippen LogP contribution in [0, 0.1) is 0 Å². The van der Waals surface area contributed by atoms with Crippen molar-refractivity contribution in [2.75, 3.05) is 6.54 Å². The zero-order valence-electron chi connectivity index (χ0n) is 11.8. The predicted molar refractivity (Wildman–Crippen MR) is 72.1 cm³/mol. The largest absolute Gasteiger partial charge is 0.465 e. The average molecular weight is 238 g/mol. The second kappa shape index (κ2) is 6.22. The molecule has 0 radical (unpaired) electrons. The number of furan rings is 1. The summed E-state index contributed by atoms with van der Waals surface area (Å²) in [6.07, 6.45) is 0.959. The van der Waals surface area contributed by atoms with Gasteiger partial charge in [0.1, 0.15) is 11.5 Å². The maximum atomic E-state index is 5.65. The summed E-state index contributed by atoms with van der Waals surface area (Å²) in [4.78, 5) is 0. The Labute approximate surface area is 105 Å². The summed E-state index contributed by atoms with van der Waals surface area (Å²) in [6, 6.07) is 4.54. The molecule has 17 heavy (non-hydrogen) atoms. The first-order chi connectivity index (χ1) is 7.90. The summed E-state index contributed by atoms with van der Waals surface area (Å²) in [6.45, 7) is 12.6. The lowest BCUT2D eigenvalue weighted by atomic mass is 10.1. The molecule has 1 rings (SSSR count). The predicted octanol–water partition coefficient (Wildman–Crippen LogP) is 2.71. The van der Waals surface area contributed by atoms with Crippen LogP contribution in [-0.2, 0) is 13.0 Å². The molecule has 1 heterocycles. The molecule has 0 saturated heterocycles. The summed E-state index contributed by atoms with van der Waals surface area (Å²) < 4.78 is 5.65. The van der Waals surface area contributed by atoms with Crippen molar-refractivity contribution in [3.05, 3.63) is 23.7 Å².